The van der Waals surface area contributed by atoms with Gasteiger partial charge in [0, 0.05) is 17.4 Å². The maximum absolute atomic E-state index is 3.72. The van der Waals surface area contributed by atoms with Gasteiger partial charge in [0.25, 0.3) is 0 Å². The zero-order chi connectivity index (χ0) is 8.59. The molecule has 0 aromatic heterocycles. The van der Waals surface area contributed by atoms with E-state index in [1.165, 1.54) is 6.54 Å². The minimum atomic E-state index is 0.679. The van der Waals surface area contributed by atoms with Gasteiger partial charge in [-0.25, -0.2) is 0 Å². The van der Waals surface area contributed by atoms with E-state index in [2.05, 4.69) is 48.6 Å². The lowest BCUT2D eigenvalue weighted by molar-refractivity contribution is 0.108. The molecule has 0 spiro atoms. The Labute approximate surface area is 78.3 Å². The number of alkyl halides is 1. The van der Waals surface area contributed by atoms with Gasteiger partial charge in [0.2, 0.25) is 0 Å². The molecular formula is C9H18BrN. The normalized spacial score (nSPS) is 47.7. The Morgan fingerprint density at radius 2 is 1.73 bits per heavy atom. The molecular weight excluding hydrogens is 202 g/mol. The summed E-state index contributed by atoms with van der Waals surface area (Å²) in [4.78, 5) is 3.11. The smallest absolute Gasteiger partial charge is 0.0301 e. The van der Waals surface area contributed by atoms with Gasteiger partial charge in [0.05, 0.1) is 0 Å². The molecule has 0 N–H and O–H groups in total. The Hall–Kier alpha value is 0.440. The van der Waals surface area contributed by atoms with Crippen molar-refractivity contribution in [3.05, 3.63) is 0 Å². The highest BCUT2D eigenvalue weighted by molar-refractivity contribution is 9.09. The van der Waals surface area contributed by atoms with E-state index in [1.807, 2.05) is 0 Å². The molecule has 0 saturated carbocycles. The number of nitrogens with zero attached hydrogens (tertiary/aromatic N) is 1. The van der Waals surface area contributed by atoms with Crippen molar-refractivity contribution in [2.45, 2.75) is 31.6 Å². The number of halogens is 1. The van der Waals surface area contributed by atoms with E-state index >= 15 is 0 Å². The Bertz CT molecular complexity index is 124. The molecule has 1 heterocycles. The van der Waals surface area contributed by atoms with Gasteiger partial charge in [0.1, 0.15) is 0 Å². The largest absolute Gasteiger partial charge is 0.302 e. The summed E-state index contributed by atoms with van der Waals surface area (Å²) in [6, 6.07) is 0.735. The van der Waals surface area contributed by atoms with E-state index in [0.29, 0.717) is 4.83 Å². The van der Waals surface area contributed by atoms with E-state index in [4.69, 9.17) is 0 Å². The van der Waals surface area contributed by atoms with Crippen molar-refractivity contribution < 1.29 is 0 Å². The van der Waals surface area contributed by atoms with Crippen molar-refractivity contribution in [1.29, 1.82) is 0 Å². The van der Waals surface area contributed by atoms with Gasteiger partial charge in [-0.2, -0.15) is 0 Å². The topological polar surface area (TPSA) is 3.24 Å². The van der Waals surface area contributed by atoms with Crippen LogP contribution in [-0.2, 0) is 0 Å². The first kappa shape index (κ1) is 9.53. The minimum absolute atomic E-state index is 0.679. The van der Waals surface area contributed by atoms with Crippen LogP contribution in [0.25, 0.3) is 0 Å². The van der Waals surface area contributed by atoms with Gasteiger partial charge < -0.3 is 4.90 Å². The van der Waals surface area contributed by atoms with Gasteiger partial charge in [-0.05, 0) is 25.8 Å². The SMILES string of the molecule is CC1C(Br)CN(C)C(C)C1C. The molecule has 11 heavy (non-hydrogen) atoms. The molecule has 0 aliphatic carbocycles. The first-order valence-electron chi connectivity index (χ1n) is 4.38. The third-order valence-corrected chi connectivity index (χ3v) is 4.44. The fourth-order valence-corrected chi connectivity index (χ4v) is 2.72. The third kappa shape index (κ3) is 1.78. The molecule has 1 fully saturated rings. The summed E-state index contributed by atoms with van der Waals surface area (Å²) in [6.07, 6.45) is 0. The molecule has 1 nitrogen and oxygen atoms in total. The zero-order valence-corrected chi connectivity index (χ0v) is 9.43. The summed E-state index contributed by atoms with van der Waals surface area (Å²) < 4.78 is 0. The lowest BCUT2D eigenvalue weighted by Gasteiger charge is -2.42. The third-order valence-electron chi connectivity index (χ3n) is 3.32. The van der Waals surface area contributed by atoms with Gasteiger partial charge >= 0.3 is 0 Å². The number of rotatable bonds is 0. The summed E-state index contributed by atoms with van der Waals surface area (Å²) in [6.45, 7) is 8.19. The molecule has 0 aromatic rings. The Morgan fingerprint density at radius 3 is 2.27 bits per heavy atom. The van der Waals surface area contributed by atoms with E-state index in [1.54, 1.807) is 0 Å². The summed E-state index contributed by atoms with van der Waals surface area (Å²) in [7, 11) is 2.21. The second kappa shape index (κ2) is 3.44. The Morgan fingerprint density at radius 1 is 1.18 bits per heavy atom. The van der Waals surface area contributed by atoms with Crippen LogP contribution in [-0.4, -0.2) is 29.4 Å². The highest BCUT2D eigenvalue weighted by Gasteiger charge is 2.33. The molecule has 1 saturated heterocycles. The van der Waals surface area contributed by atoms with E-state index in [-0.39, 0.29) is 0 Å². The standard InChI is InChI=1S/C9H18BrN/c1-6-7(2)9(10)5-11(4)8(6)3/h6-9H,5H2,1-4H3. The number of piperidine rings is 1. The first-order valence-corrected chi connectivity index (χ1v) is 5.30. The van der Waals surface area contributed by atoms with E-state index in [9.17, 15) is 0 Å². The summed E-state index contributed by atoms with van der Waals surface area (Å²) in [5.41, 5.74) is 0. The second-order valence-corrected chi connectivity index (χ2v) is 5.09. The lowest BCUT2D eigenvalue weighted by Crippen LogP contribution is -2.48. The zero-order valence-electron chi connectivity index (χ0n) is 7.84. The Balaban J connectivity index is 2.63. The Kier molecular flexibility index (Phi) is 2.98. The van der Waals surface area contributed by atoms with Crippen LogP contribution < -0.4 is 0 Å². The van der Waals surface area contributed by atoms with Gasteiger partial charge in [0.15, 0.2) is 0 Å². The maximum Gasteiger partial charge on any atom is 0.0301 e. The van der Waals surface area contributed by atoms with Crippen LogP contribution in [0.2, 0.25) is 0 Å². The van der Waals surface area contributed by atoms with Crippen LogP contribution in [0.1, 0.15) is 20.8 Å². The first-order chi connectivity index (χ1) is 5.04. The van der Waals surface area contributed by atoms with Crippen LogP contribution in [0.3, 0.4) is 0 Å². The van der Waals surface area contributed by atoms with Crippen LogP contribution >= 0.6 is 15.9 Å². The predicted molar refractivity (Wildman–Crippen MR) is 53.1 cm³/mol. The molecule has 2 heteroatoms. The summed E-state index contributed by atoms with van der Waals surface area (Å²) >= 11 is 3.72. The highest BCUT2D eigenvalue weighted by atomic mass is 79.9. The average Bonchev–Trinajstić information content (AvgIpc) is 1.97. The van der Waals surface area contributed by atoms with Gasteiger partial charge in [-0.1, -0.05) is 29.8 Å². The molecule has 0 bridgehead atoms. The van der Waals surface area contributed by atoms with Crippen molar-refractivity contribution in [1.82, 2.24) is 4.90 Å². The molecule has 4 atom stereocenters. The molecule has 0 amide bonds. The van der Waals surface area contributed by atoms with Crippen LogP contribution in [0.5, 0.6) is 0 Å². The van der Waals surface area contributed by atoms with Crippen molar-refractivity contribution in [2.75, 3.05) is 13.6 Å². The van der Waals surface area contributed by atoms with Crippen LogP contribution in [0, 0.1) is 11.8 Å². The van der Waals surface area contributed by atoms with Crippen molar-refractivity contribution >= 4 is 15.9 Å². The van der Waals surface area contributed by atoms with Crippen molar-refractivity contribution in [2.24, 2.45) is 11.8 Å². The van der Waals surface area contributed by atoms with E-state index in [0.717, 1.165) is 17.9 Å². The fraction of sp³-hybridized carbons (Fsp3) is 1.00. The molecule has 1 aliphatic rings. The maximum atomic E-state index is 3.72. The molecule has 1 aliphatic heterocycles. The summed E-state index contributed by atoms with van der Waals surface area (Å²) in [5.74, 6) is 1.61. The lowest BCUT2D eigenvalue weighted by atomic mass is 9.83. The molecule has 66 valence electrons. The average molecular weight is 220 g/mol. The van der Waals surface area contributed by atoms with Gasteiger partial charge in [-0.3, -0.25) is 0 Å². The molecule has 4 unspecified atom stereocenters. The molecule has 0 aromatic carbocycles. The monoisotopic (exact) mass is 219 g/mol. The highest BCUT2D eigenvalue weighted by Crippen LogP contribution is 2.31. The van der Waals surface area contributed by atoms with Crippen molar-refractivity contribution in [3.63, 3.8) is 0 Å². The van der Waals surface area contributed by atoms with Crippen LogP contribution in [0.15, 0.2) is 0 Å². The quantitative estimate of drug-likeness (QED) is 0.566. The number of hydrogen-bond acceptors (Lipinski definition) is 1. The fourth-order valence-electron chi connectivity index (χ4n) is 1.78. The predicted octanol–water partition coefficient (Wildman–Crippen LogP) is 2.36. The number of hydrogen-bond donors (Lipinski definition) is 0. The number of likely N-dealkylation sites (tertiary alicyclic amines) is 1. The minimum Gasteiger partial charge on any atom is -0.302 e. The summed E-state index contributed by atoms with van der Waals surface area (Å²) in [5, 5.41) is 0. The molecule has 1 rings (SSSR count). The second-order valence-electron chi connectivity index (χ2n) is 3.91. The van der Waals surface area contributed by atoms with Crippen molar-refractivity contribution in [3.8, 4) is 0 Å². The molecule has 0 radical (unpaired) electrons. The van der Waals surface area contributed by atoms with Gasteiger partial charge in [-0.15, -0.1) is 0 Å². The van der Waals surface area contributed by atoms with E-state index < -0.39 is 0 Å². The van der Waals surface area contributed by atoms with Crippen LogP contribution in [0.4, 0.5) is 0 Å².